The molecule has 4 nitrogen and oxygen atoms in total. The van der Waals surface area contributed by atoms with Gasteiger partial charge in [-0.25, -0.2) is 8.78 Å². The summed E-state index contributed by atoms with van der Waals surface area (Å²) in [5, 5.41) is 0. The smallest absolute Gasteiger partial charge is 0.420 e. The highest BCUT2D eigenvalue weighted by molar-refractivity contribution is 5.57. The average Bonchev–Trinajstić information content (AvgIpc) is 2.72. The van der Waals surface area contributed by atoms with Gasteiger partial charge in [0.05, 0.1) is 11.1 Å². The number of hydrogen-bond donors (Lipinski definition) is 2. The third kappa shape index (κ3) is 5.72. The normalized spacial score (nSPS) is 12.5. The minimum Gasteiger partial charge on any atom is -0.451 e. The van der Waals surface area contributed by atoms with Crippen molar-refractivity contribution in [2.45, 2.75) is 18.5 Å². The van der Waals surface area contributed by atoms with Crippen LogP contribution in [0.3, 0.4) is 0 Å². The van der Waals surface area contributed by atoms with E-state index in [1.807, 2.05) is 0 Å². The van der Waals surface area contributed by atoms with E-state index in [2.05, 4.69) is 4.74 Å². The number of alkyl halides is 9. The van der Waals surface area contributed by atoms with Gasteiger partial charge >= 0.3 is 18.5 Å². The van der Waals surface area contributed by atoms with Crippen LogP contribution in [0.2, 0.25) is 0 Å². The molecule has 0 saturated carbocycles. The van der Waals surface area contributed by atoms with Crippen molar-refractivity contribution in [1.29, 1.82) is 0 Å². The maximum atomic E-state index is 15.0. The Morgan fingerprint density at radius 3 is 1.32 bits per heavy atom. The second-order valence-corrected chi connectivity index (χ2v) is 7.19. The maximum Gasteiger partial charge on any atom is 0.420 e. The van der Waals surface area contributed by atoms with E-state index in [0.717, 1.165) is 0 Å². The molecule has 0 radical (unpaired) electrons. The van der Waals surface area contributed by atoms with E-state index in [1.165, 1.54) is 0 Å². The first kappa shape index (κ1) is 27.6. The molecular weight excluding hydrogens is 540 g/mol. The Bertz CT molecular complexity index is 1350. The molecule has 0 aliphatic rings. The molecule has 0 aromatic heterocycles. The SMILES string of the molecule is Nc1cc(Oc2ccc(C(F)(F)F)c(Oc3cc(N)c(C(F)(F)F)cc3F)c2F)c(F)cc1C(F)(F)F. The fourth-order valence-electron chi connectivity index (χ4n) is 2.95. The molecular formula is C21H10F12N2O2. The number of nitrogens with two attached hydrogens (primary N) is 2. The molecule has 0 amide bonds. The molecule has 0 bridgehead atoms. The second-order valence-electron chi connectivity index (χ2n) is 7.19. The molecule has 37 heavy (non-hydrogen) atoms. The molecule has 3 aromatic carbocycles. The number of nitrogen functional groups attached to an aromatic ring is 2. The largest absolute Gasteiger partial charge is 0.451 e. The monoisotopic (exact) mass is 550 g/mol. The number of hydrogen-bond acceptors (Lipinski definition) is 4. The standard InChI is InChI=1S/C21H10F12N2O2/c22-10-3-8(20(28,29)30)12(34)5-15(10)36-14-2-1-7(19(25,26)27)18(17(14)24)37-16-6-13(35)9(4-11(16)23)21(31,32)33/h1-6H,34-35H2. The Hall–Kier alpha value is -3.98. The highest BCUT2D eigenvalue weighted by Crippen LogP contribution is 2.46. The van der Waals surface area contributed by atoms with Crippen molar-refractivity contribution in [3.63, 3.8) is 0 Å². The van der Waals surface area contributed by atoms with Gasteiger partial charge in [-0.15, -0.1) is 0 Å². The molecule has 200 valence electrons. The highest BCUT2D eigenvalue weighted by atomic mass is 19.4. The zero-order valence-corrected chi connectivity index (χ0v) is 17.5. The van der Waals surface area contributed by atoms with E-state index in [9.17, 15) is 48.3 Å². The van der Waals surface area contributed by atoms with Gasteiger partial charge in [0.15, 0.2) is 34.6 Å². The molecule has 0 aliphatic carbocycles. The van der Waals surface area contributed by atoms with Crippen LogP contribution in [0.1, 0.15) is 16.7 Å². The number of anilines is 2. The lowest BCUT2D eigenvalue weighted by Crippen LogP contribution is -2.12. The van der Waals surface area contributed by atoms with Crippen molar-refractivity contribution in [3.8, 4) is 23.0 Å². The maximum absolute atomic E-state index is 15.0. The van der Waals surface area contributed by atoms with Gasteiger partial charge in [0, 0.05) is 23.5 Å². The van der Waals surface area contributed by atoms with Crippen molar-refractivity contribution >= 4 is 11.4 Å². The van der Waals surface area contributed by atoms with Crippen LogP contribution in [0.25, 0.3) is 0 Å². The lowest BCUT2D eigenvalue weighted by molar-refractivity contribution is -0.139. The van der Waals surface area contributed by atoms with Crippen LogP contribution in [-0.2, 0) is 18.5 Å². The summed E-state index contributed by atoms with van der Waals surface area (Å²) in [6.07, 6.45) is -15.6. The van der Waals surface area contributed by atoms with Gasteiger partial charge < -0.3 is 20.9 Å². The van der Waals surface area contributed by atoms with E-state index in [1.54, 1.807) is 0 Å². The van der Waals surface area contributed by atoms with E-state index < -0.39 is 87.0 Å². The summed E-state index contributed by atoms with van der Waals surface area (Å²) in [6.45, 7) is 0. The predicted molar refractivity (Wildman–Crippen MR) is 103 cm³/mol. The van der Waals surface area contributed by atoms with Gasteiger partial charge in [0.2, 0.25) is 5.82 Å². The summed E-state index contributed by atoms with van der Waals surface area (Å²) < 4.78 is 170. The minimum atomic E-state index is -5.37. The second kappa shape index (κ2) is 9.15. The van der Waals surface area contributed by atoms with Crippen LogP contribution < -0.4 is 20.9 Å². The van der Waals surface area contributed by atoms with Crippen molar-refractivity contribution in [2.75, 3.05) is 11.5 Å². The first-order valence-corrected chi connectivity index (χ1v) is 9.38. The van der Waals surface area contributed by atoms with E-state index in [4.69, 9.17) is 16.2 Å². The first-order chi connectivity index (χ1) is 16.8. The Kier molecular flexibility index (Phi) is 6.83. The van der Waals surface area contributed by atoms with Crippen LogP contribution in [0, 0.1) is 17.5 Å². The molecule has 0 heterocycles. The highest BCUT2D eigenvalue weighted by Gasteiger charge is 2.39. The fraction of sp³-hybridized carbons (Fsp3) is 0.143. The molecule has 4 N–H and O–H groups in total. The lowest BCUT2D eigenvalue weighted by atomic mass is 10.1. The summed E-state index contributed by atoms with van der Waals surface area (Å²) in [6, 6.07) is 0.564. The Morgan fingerprint density at radius 2 is 0.919 bits per heavy atom. The van der Waals surface area contributed by atoms with Gasteiger partial charge in [-0.2, -0.15) is 43.9 Å². The molecule has 3 aromatic rings. The third-order valence-electron chi connectivity index (χ3n) is 4.62. The fourth-order valence-corrected chi connectivity index (χ4v) is 2.95. The molecule has 0 saturated heterocycles. The van der Waals surface area contributed by atoms with Gasteiger partial charge in [0.1, 0.15) is 5.56 Å². The minimum absolute atomic E-state index is 0.107. The predicted octanol–water partition coefficient (Wildman–Crippen LogP) is 7.91. The van der Waals surface area contributed by atoms with Crippen molar-refractivity contribution in [1.82, 2.24) is 0 Å². The van der Waals surface area contributed by atoms with Crippen molar-refractivity contribution < 1.29 is 62.2 Å². The molecule has 0 aliphatic heterocycles. The van der Waals surface area contributed by atoms with Crippen LogP contribution in [0.5, 0.6) is 23.0 Å². The Labute approximate surface area is 198 Å². The van der Waals surface area contributed by atoms with Gasteiger partial charge in [0.25, 0.3) is 0 Å². The van der Waals surface area contributed by atoms with Crippen molar-refractivity contribution in [3.05, 3.63) is 70.5 Å². The van der Waals surface area contributed by atoms with Gasteiger partial charge in [-0.05, 0) is 24.3 Å². The van der Waals surface area contributed by atoms with Crippen LogP contribution >= 0.6 is 0 Å². The Balaban J connectivity index is 2.11. The van der Waals surface area contributed by atoms with Crippen LogP contribution in [-0.4, -0.2) is 0 Å². The summed E-state index contributed by atoms with van der Waals surface area (Å²) >= 11 is 0. The van der Waals surface area contributed by atoms with Crippen LogP contribution in [0.4, 0.5) is 64.1 Å². The van der Waals surface area contributed by atoms with Crippen molar-refractivity contribution in [2.24, 2.45) is 0 Å². The molecule has 0 unspecified atom stereocenters. The zero-order chi connectivity index (χ0) is 28.1. The zero-order valence-electron chi connectivity index (χ0n) is 17.5. The summed E-state index contributed by atoms with van der Waals surface area (Å²) in [5.74, 6) is -11.2. The van der Waals surface area contributed by atoms with Gasteiger partial charge in [-0.3, -0.25) is 0 Å². The molecule has 3 rings (SSSR count). The first-order valence-electron chi connectivity index (χ1n) is 9.38. The topological polar surface area (TPSA) is 70.5 Å². The quantitative estimate of drug-likeness (QED) is 0.256. The lowest BCUT2D eigenvalue weighted by Gasteiger charge is -2.19. The van der Waals surface area contributed by atoms with Gasteiger partial charge in [-0.1, -0.05) is 0 Å². The molecule has 0 atom stereocenters. The molecule has 0 fully saturated rings. The summed E-state index contributed by atoms with van der Waals surface area (Å²) in [7, 11) is 0. The van der Waals surface area contributed by atoms with E-state index in [0.29, 0.717) is 6.07 Å². The van der Waals surface area contributed by atoms with Crippen LogP contribution in [0.15, 0.2) is 36.4 Å². The summed E-state index contributed by atoms with van der Waals surface area (Å²) in [5.41, 5.74) is 2.88. The number of rotatable bonds is 4. The average molecular weight is 550 g/mol. The number of benzene rings is 3. The van der Waals surface area contributed by atoms with E-state index >= 15 is 4.39 Å². The summed E-state index contributed by atoms with van der Waals surface area (Å²) in [4.78, 5) is 0. The molecule has 0 spiro atoms. The molecule has 16 heteroatoms. The number of ether oxygens (including phenoxy) is 2. The van der Waals surface area contributed by atoms with E-state index in [-0.39, 0.29) is 30.3 Å². The third-order valence-corrected chi connectivity index (χ3v) is 4.62. The number of halogens is 12. The Morgan fingerprint density at radius 1 is 0.514 bits per heavy atom.